The van der Waals surface area contributed by atoms with E-state index in [-0.39, 0.29) is 0 Å². The van der Waals surface area contributed by atoms with E-state index < -0.39 is 0 Å². The Hall–Kier alpha value is -0.420. The molecule has 0 saturated heterocycles. The minimum Gasteiger partial charge on any atom is -0.311 e. The summed E-state index contributed by atoms with van der Waals surface area (Å²) >= 11 is 11.1. The highest BCUT2D eigenvalue weighted by Crippen LogP contribution is 2.30. The molecule has 0 aliphatic rings. The van der Waals surface area contributed by atoms with E-state index in [9.17, 15) is 0 Å². The van der Waals surface area contributed by atoms with E-state index in [0.29, 0.717) is 5.02 Å². The van der Waals surface area contributed by atoms with Gasteiger partial charge in [-0.15, -0.1) is 11.3 Å². The van der Waals surface area contributed by atoms with Crippen LogP contribution in [0.25, 0.3) is 10.6 Å². The molecule has 96 valence electrons. The number of aromatic nitrogens is 1. The molecule has 1 heterocycles. The topological polar surface area (TPSA) is 24.9 Å². The lowest BCUT2D eigenvalue weighted by atomic mass is 10.2. The molecule has 2 rings (SSSR count). The van der Waals surface area contributed by atoms with Crippen molar-refractivity contribution in [1.82, 2.24) is 10.3 Å². The molecule has 18 heavy (non-hydrogen) atoms. The van der Waals surface area contributed by atoms with Crippen LogP contribution in [0, 0.1) is 0 Å². The van der Waals surface area contributed by atoms with Gasteiger partial charge >= 0.3 is 0 Å². The van der Waals surface area contributed by atoms with Crippen molar-refractivity contribution in [3.8, 4) is 10.6 Å². The number of benzene rings is 1. The molecule has 0 spiro atoms. The summed E-state index contributed by atoms with van der Waals surface area (Å²) in [6.45, 7) is 4.01. The van der Waals surface area contributed by atoms with Gasteiger partial charge in [0.05, 0.1) is 10.7 Å². The zero-order valence-corrected chi connectivity index (χ0v) is 13.2. The number of hydrogen-bond donors (Lipinski definition) is 1. The van der Waals surface area contributed by atoms with Crippen molar-refractivity contribution in [1.29, 1.82) is 0 Å². The first-order valence-corrected chi connectivity index (χ1v) is 7.86. The second kappa shape index (κ2) is 6.66. The third-order valence-electron chi connectivity index (χ3n) is 2.45. The average Bonchev–Trinajstić information content (AvgIpc) is 2.82. The van der Waals surface area contributed by atoms with Gasteiger partial charge < -0.3 is 5.32 Å². The summed E-state index contributed by atoms with van der Waals surface area (Å²) in [5.41, 5.74) is 2.15. The molecule has 0 bridgehead atoms. The van der Waals surface area contributed by atoms with Crippen molar-refractivity contribution in [2.24, 2.45) is 0 Å². The average molecular weight is 346 g/mol. The number of halogens is 2. The molecule has 5 heteroatoms. The first-order chi connectivity index (χ1) is 8.70. The molecular weight excluding hydrogens is 332 g/mol. The Morgan fingerprint density at radius 3 is 3.00 bits per heavy atom. The van der Waals surface area contributed by atoms with E-state index in [4.69, 9.17) is 11.6 Å². The van der Waals surface area contributed by atoms with Gasteiger partial charge in [-0.1, -0.05) is 24.6 Å². The second-order valence-corrected chi connectivity index (χ2v) is 6.07. The summed E-state index contributed by atoms with van der Waals surface area (Å²) < 4.78 is 0.911. The van der Waals surface area contributed by atoms with Gasteiger partial charge in [-0.25, -0.2) is 4.98 Å². The highest BCUT2D eigenvalue weighted by Gasteiger charge is 2.06. The van der Waals surface area contributed by atoms with E-state index in [0.717, 1.165) is 40.2 Å². The lowest BCUT2D eigenvalue weighted by Crippen LogP contribution is -2.13. The van der Waals surface area contributed by atoms with Crippen molar-refractivity contribution in [3.05, 3.63) is 38.8 Å². The number of nitrogens with zero attached hydrogens (tertiary/aromatic N) is 1. The number of thiazole rings is 1. The molecular formula is C13H14BrClN2S. The van der Waals surface area contributed by atoms with Crippen LogP contribution in [0.4, 0.5) is 0 Å². The molecule has 0 unspecified atom stereocenters. The summed E-state index contributed by atoms with van der Waals surface area (Å²) in [6, 6.07) is 5.92. The standard InChI is InChI=1S/C13H14BrClN2S/c1-2-5-16-7-10-8-18-13(17-10)9-3-4-11(14)12(15)6-9/h3-4,6,8,16H,2,5,7H2,1H3. The lowest BCUT2D eigenvalue weighted by molar-refractivity contribution is 0.667. The van der Waals surface area contributed by atoms with Crippen LogP contribution in [-0.4, -0.2) is 11.5 Å². The minimum atomic E-state index is 0.716. The minimum absolute atomic E-state index is 0.716. The third-order valence-corrected chi connectivity index (χ3v) is 4.62. The first-order valence-electron chi connectivity index (χ1n) is 5.81. The van der Waals surface area contributed by atoms with Crippen LogP contribution in [0.3, 0.4) is 0 Å². The summed E-state index contributed by atoms with van der Waals surface area (Å²) in [7, 11) is 0. The van der Waals surface area contributed by atoms with E-state index in [1.54, 1.807) is 11.3 Å². The third kappa shape index (κ3) is 3.54. The van der Waals surface area contributed by atoms with Crippen molar-refractivity contribution in [2.45, 2.75) is 19.9 Å². The predicted molar refractivity (Wildman–Crippen MR) is 82.3 cm³/mol. The van der Waals surface area contributed by atoms with Gasteiger partial charge in [-0.05, 0) is 41.0 Å². The molecule has 0 fully saturated rings. The van der Waals surface area contributed by atoms with Crippen molar-refractivity contribution < 1.29 is 0 Å². The summed E-state index contributed by atoms with van der Waals surface area (Å²) in [5, 5.41) is 7.17. The molecule has 1 aromatic heterocycles. The largest absolute Gasteiger partial charge is 0.311 e. The van der Waals surface area contributed by atoms with Crippen LogP contribution in [-0.2, 0) is 6.54 Å². The van der Waals surface area contributed by atoms with Crippen LogP contribution in [0.2, 0.25) is 5.02 Å². The van der Waals surface area contributed by atoms with E-state index in [1.165, 1.54) is 0 Å². The van der Waals surface area contributed by atoms with Gasteiger partial charge in [0.15, 0.2) is 0 Å². The van der Waals surface area contributed by atoms with E-state index in [2.05, 4.69) is 38.5 Å². The maximum absolute atomic E-state index is 6.09. The van der Waals surface area contributed by atoms with Crippen molar-refractivity contribution in [2.75, 3.05) is 6.54 Å². The first kappa shape index (κ1) is 14.0. The Morgan fingerprint density at radius 2 is 2.28 bits per heavy atom. The molecule has 0 atom stereocenters. The summed E-state index contributed by atoms with van der Waals surface area (Å²) in [4.78, 5) is 4.61. The van der Waals surface area contributed by atoms with Gasteiger partial charge in [0, 0.05) is 22.0 Å². The Kier molecular flexibility index (Phi) is 5.18. The monoisotopic (exact) mass is 344 g/mol. The molecule has 1 N–H and O–H groups in total. The molecule has 0 radical (unpaired) electrons. The zero-order valence-electron chi connectivity index (χ0n) is 10.0. The normalized spacial score (nSPS) is 10.8. The SMILES string of the molecule is CCCNCc1csc(-c2ccc(Br)c(Cl)c2)n1. The Balaban J connectivity index is 2.11. The van der Waals surface area contributed by atoms with Crippen LogP contribution < -0.4 is 5.32 Å². The molecule has 2 aromatic rings. The zero-order chi connectivity index (χ0) is 13.0. The quantitative estimate of drug-likeness (QED) is 0.793. The van der Waals surface area contributed by atoms with Crippen LogP contribution >= 0.6 is 38.9 Å². The summed E-state index contributed by atoms with van der Waals surface area (Å²) in [5.74, 6) is 0. The van der Waals surface area contributed by atoms with Gasteiger partial charge in [0.25, 0.3) is 0 Å². The maximum atomic E-state index is 6.09. The fourth-order valence-corrected chi connectivity index (χ4v) is 2.79. The Morgan fingerprint density at radius 1 is 1.44 bits per heavy atom. The molecule has 0 aliphatic heterocycles. The van der Waals surface area contributed by atoms with Gasteiger partial charge in [-0.3, -0.25) is 0 Å². The van der Waals surface area contributed by atoms with Crippen molar-refractivity contribution in [3.63, 3.8) is 0 Å². The highest BCUT2D eigenvalue weighted by atomic mass is 79.9. The number of rotatable bonds is 5. The molecule has 0 amide bonds. The predicted octanol–water partition coefficient (Wildman–Crippen LogP) is 4.73. The maximum Gasteiger partial charge on any atom is 0.123 e. The molecule has 1 aromatic carbocycles. The summed E-state index contributed by atoms with van der Waals surface area (Å²) in [6.07, 6.45) is 1.14. The Labute approximate surface area is 125 Å². The van der Waals surface area contributed by atoms with Crippen LogP contribution in [0.15, 0.2) is 28.1 Å². The molecule has 0 saturated carbocycles. The van der Waals surface area contributed by atoms with Crippen LogP contribution in [0.5, 0.6) is 0 Å². The van der Waals surface area contributed by atoms with Gasteiger partial charge in [0.2, 0.25) is 0 Å². The fraction of sp³-hybridized carbons (Fsp3) is 0.308. The van der Waals surface area contributed by atoms with E-state index >= 15 is 0 Å². The number of hydrogen-bond acceptors (Lipinski definition) is 3. The fourth-order valence-electron chi connectivity index (χ4n) is 1.54. The van der Waals surface area contributed by atoms with Gasteiger partial charge in [-0.2, -0.15) is 0 Å². The van der Waals surface area contributed by atoms with Gasteiger partial charge in [0.1, 0.15) is 5.01 Å². The molecule has 2 nitrogen and oxygen atoms in total. The lowest BCUT2D eigenvalue weighted by Gasteiger charge is -2.00. The van der Waals surface area contributed by atoms with E-state index in [1.807, 2.05) is 18.2 Å². The smallest absolute Gasteiger partial charge is 0.123 e. The van der Waals surface area contributed by atoms with Crippen molar-refractivity contribution >= 4 is 38.9 Å². The van der Waals surface area contributed by atoms with Crippen LogP contribution in [0.1, 0.15) is 19.0 Å². The molecule has 0 aliphatic carbocycles. The Bertz CT molecular complexity index is 527. The highest BCUT2D eigenvalue weighted by molar-refractivity contribution is 9.10. The second-order valence-electron chi connectivity index (χ2n) is 3.95. The number of nitrogens with one attached hydrogen (secondary N) is 1.